The van der Waals surface area contributed by atoms with E-state index in [1.54, 1.807) is 13.0 Å². The Balaban J connectivity index is 2.51. The molecule has 2 rings (SSSR count). The first-order chi connectivity index (χ1) is 9.29. The Morgan fingerprint density at radius 2 is 1.90 bits per heavy atom. The van der Waals surface area contributed by atoms with Gasteiger partial charge in [0.05, 0.1) is 5.69 Å². The molecule has 1 N–H and O–H groups in total. The van der Waals surface area contributed by atoms with Crippen LogP contribution in [-0.4, -0.2) is 18.3 Å². The van der Waals surface area contributed by atoms with Crippen molar-refractivity contribution < 1.29 is 13.3 Å². The molecular weight excluding hydrogens is 281 g/mol. The van der Waals surface area contributed by atoms with Crippen molar-refractivity contribution in [1.29, 1.82) is 0 Å². The Bertz CT molecular complexity index is 698. The summed E-state index contributed by atoms with van der Waals surface area (Å²) in [5, 5.41) is 2.97. The van der Waals surface area contributed by atoms with Crippen LogP contribution in [0.5, 0.6) is 0 Å². The van der Waals surface area contributed by atoms with Crippen molar-refractivity contribution in [2.45, 2.75) is 6.92 Å². The van der Waals surface area contributed by atoms with Gasteiger partial charge in [-0.2, -0.15) is 4.39 Å². The highest BCUT2D eigenvalue weighted by atomic mass is 31.2. The van der Waals surface area contributed by atoms with Crippen LogP contribution in [0.3, 0.4) is 0 Å². The average molecular weight is 296 g/mol. The molecule has 0 aliphatic carbocycles. The van der Waals surface area contributed by atoms with Crippen LogP contribution in [0.2, 0.25) is 0 Å². The topological polar surface area (TPSA) is 42.0 Å². The molecule has 0 radical (unpaired) electrons. The smallest absolute Gasteiger partial charge is 0.237 e. The molecule has 0 unspecified atom stereocenters. The van der Waals surface area contributed by atoms with Crippen LogP contribution in [-0.2, 0) is 4.57 Å². The molecule has 0 atom stereocenters. The molecule has 106 valence electrons. The van der Waals surface area contributed by atoms with Crippen LogP contribution in [0.25, 0.3) is 0 Å². The molecule has 6 heteroatoms. The van der Waals surface area contributed by atoms with Gasteiger partial charge in [0.2, 0.25) is 5.95 Å². The Hall–Kier alpha value is -1.74. The van der Waals surface area contributed by atoms with Gasteiger partial charge in [-0.1, -0.05) is 6.07 Å². The van der Waals surface area contributed by atoms with E-state index in [0.717, 1.165) is 5.56 Å². The lowest BCUT2D eigenvalue weighted by atomic mass is 10.2. The minimum Gasteiger partial charge on any atom is -0.349 e. The number of halogens is 2. The maximum atomic E-state index is 13.9. The molecule has 0 saturated carbocycles. The number of rotatable bonds is 3. The van der Waals surface area contributed by atoms with E-state index in [0.29, 0.717) is 5.30 Å². The van der Waals surface area contributed by atoms with Gasteiger partial charge in [0, 0.05) is 11.5 Å². The van der Waals surface area contributed by atoms with Gasteiger partial charge < -0.3 is 9.88 Å². The van der Waals surface area contributed by atoms with Crippen molar-refractivity contribution in [2.75, 3.05) is 18.6 Å². The molecule has 0 aliphatic rings. The summed E-state index contributed by atoms with van der Waals surface area (Å²) in [4.78, 5) is 3.52. The van der Waals surface area contributed by atoms with Gasteiger partial charge in [-0.15, -0.1) is 0 Å². The zero-order chi connectivity index (χ0) is 14.9. The summed E-state index contributed by atoms with van der Waals surface area (Å²) >= 11 is 0. The fourth-order valence-corrected chi connectivity index (χ4v) is 2.96. The summed E-state index contributed by atoms with van der Waals surface area (Å²) in [5.41, 5.74) is 0.845. The third kappa shape index (κ3) is 3.05. The third-order valence-corrected chi connectivity index (χ3v) is 4.38. The van der Waals surface area contributed by atoms with E-state index in [-0.39, 0.29) is 11.4 Å². The standard InChI is InChI=1S/C14H15F2N2OP/c1-9-4-5-11(10(15)8-9)18-13-12(20(2,3)19)6-7-17-14(13)16/h4-8,18H,1-3H3. The summed E-state index contributed by atoms with van der Waals surface area (Å²) in [6, 6.07) is 6.04. The second-order valence-corrected chi connectivity index (χ2v) is 8.14. The predicted octanol–water partition coefficient (Wildman–Crippen LogP) is 3.66. The first-order valence-electron chi connectivity index (χ1n) is 6.02. The maximum Gasteiger partial charge on any atom is 0.237 e. The average Bonchev–Trinajstić information content (AvgIpc) is 2.33. The van der Waals surface area contributed by atoms with Gasteiger partial charge in [-0.3, -0.25) is 0 Å². The molecule has 0 aliphatic heterocycles. The largest absolute Gasteiger partial charge is 0.349 e. The number of aryl methyl sites for hydroxylation is 1. The van der Waals surface area contributed by atoms with Crippen LogP contribution >= 0.6 is 7.14 Å². The Kier molecular flexibility index (Phi) is 3.91. The second-order valence-electron chi connectivity index (χ2n) is 4.96. The Morgan fingerprint density at radius 1 is 1.20 bits per heavy atom. The van der Waals surface area contributed by atoms with E-state index in [1.807, 2.05) is 0 Å². The van der Waals surface area contributed by atoms with Crippen molar-refractivity contribution in [3.8, 4) is 0 Å². The lowest BCUT2D eigenvalue weighted by molar-refractivity contribution is 0.582. The number of nitrogens with zero attached hydrogens (tertiary/aromatic N) is 1. The first kappa shape index (κ1) is 14.7. The molecule has 1 aromatic heterocycles. The van der Waals surface area contributed by atoms with Crippen LogP contribution in [0.1, 0.15) is 5.56 Å². The summed E-state index contributed by atoms with van der Waals surface area (Å²) in [6.07, 6.45) is 1.25. The number of pyridine rings is 1. The fourth-order valence-electron chi connectivity index (χ4n) is 1.85. The van der Waals surface area contributed by atoms with E-state index in [4.69, 9.17) is 0 Å². The molecular formula is C14H15F2N2OP. The van der Waals surface area contributed by atoms with Crippen molar-refractivity contribution in [3.05, 3.63) is 47.8 Å². The van der Waals surface area contributed by atoms with E-state index < -0.39 is 18.9 Å². The predicted molar refractivity (Wildman–Crippen MR) is 77.7 cm³/mol. The van der Waals surface area contributed by atoms with Gasteiger partial charge >= 0.3 is 0 Å². The Morgan fingerprint density at radius 3 is 2.50 bits per heavy atom. The number of nitrogens with one attached hydrogen (secondary N) is 1. The first-order valence-corrected chi connectivity index (χ1v) is 8.62. The van der Waals surface area contributed by atoms with Crippen molar-refractivity contribution in [2.24, 2.45) is 0 Å². The zero-order valence-electron chi connectivity index (χ0n) is 11.4. The molecule has 20 heavy (non-hydrogen) atoms. The van der Waals surface area contributed by atoms with Gasteiger partial charge in [0.15, 0.2) is 0 Å². The number of anilines is 2. The third-order valence-electron chi connectivity index (χ3n) is 2.85. The van der Waals surface area contributed by atoms with E-state index in [1.165, 1.54) is 37.7 Å². The summed E-state index contributed by atoms with van der Waals surface area (Å²) in [6.45, 7) is 4.81. The minimum atomic E-state index is -2.71. The number of aromatic nitrogens is 1. The monoisotopic (exact) mass is 296 g/mol. The summed E-state index contributed by atoms with van der Waals surface area (Å²) < 4.78 is 39.9. The minimum absolute atomic E-state index is 0.0383. The van der Waals surface area contributed by atoms with Crippen LogP contribution < -0.4 is 10.6 Å². The number of benzene rings is 1. The summed E-state index contributed by atoms with van der Waals surface area (Å²) in [5.74, 6) is -1.30. The molecule has 3 nitrogen and oxygen atoms in total. The van der Waals surface area contributed by atoms with Crippen LogP contribution in [0.15, 0.2) is 30.5 Å². The maximum absolute atomic E-state index is 13.9. The molecule has 0 bridgehead atoms. The van der Waals surface area contributed by atoms with Gasteiger partial charge in [-0.25, -0.2) is 9.37 Å². The van der Waals surface area contributed by atoms with Gasteiger partial charge in [0.25, 0.3) is 0 Å². The quantitative estimate of drug-likeness (QED) is 0.694. The molecule has 2 aromatic rings. The van der Waals surface area contributed by atoms with Crippen molar-refractivity contribution in [3.63, 3.8) is 0 Å². The SMILES string of the molecule is Cc1ccc(Nc2c(P(C)(C)=O)ccnc2F)c(F)c1. The normalized spacial score (nSPS) is 11.4. The van der Waals surface area contributed by atoms with Gasteiger partial charge in [-0.05, 0) is 44.0 Å². The highest BCUT2D eigenvalue weighted by Gasteiger charge is 2.20. The second kappa shape index (κ2) is 5.33. The van der Waals surface area contributed by atoms with E-state index in [2.05, 4.69) is 10.3 Å². The molecule has 1 aromatic carbocycles. The summed E-state index contributed by atoms with van der Waals surface area (Å²) in [7, 11) is -2.71. The molecule has 0 amide bonds. The lowest BCUT2D eigenvalue weighted by Gasteiger charge is -2.15. The molecule has 0 fully saturated rings. The molecule has 1 heterocycles. The van der Waals surface area contributed by atoms with Crippen LogP contribution in [0, 0.1) is 18.7 Å². The molecule has 0 saturated heterocycles. The van der Waals surface area contributed by atoms with Crippen LogP contribution in [0.4, 0.5) is 20.2 Å². The molecule has 0 spiro atoms. The Labute approximate surface area is 116 Å². The highest BCUT2D eigenvalue weighted by molar-refractivity contribution is 7.70. The van der Waals surface area contributed by atoms with Crippen molar-refractivity contribution in [1.82, 2.24) is 4.98 Å². The van der Waals surface area contributed by atoms with Gasteiger partial charge in [0.1, 0.15) is 18.6 Å². The van der Waals surface area contributed by atoms with Crippen molar-refractivity contribution >= 4 is 23.8 Å². The lowest BCUT2D eigenvalue weighted by Crippen LogP contribution is -2.13. The number of hydrogen-bond acceptors (Lipinski definition) is 3. The zero-order valence-corrected chi connectivity index (χ0v) is 12.3. The van der Waals surface area contributed by atoms with E-state index >= 15 is 0 Å². The number of hydrogen-bond donors (Lipinski definition) is 1. The fraction of sp³-hybridized carbons (Fsp3) is 0.214. The van der Waals surface area contributed by atoms with E-state index in [9.17, 15) is 13.3 Å². The highest BCUT2D eigenvalue weighted by Crippen LogP contribution is 2.39.